The first-order valence-electron chi connectivity index (χ1n) is 5.46. The molecule has 1 nitrogen and oxygen atoms in total. The molecule has 0 heterocycles. The second kappa shape index (κ2) is 7.69. The van der Waals surface area contributed by atoms with Crippen molar-refractivity contribution in [2.24, 2.45) is 5.92 Å². The fourth-order valence-electron chi connectivity index (χ4n) is 1.53. The molecule has 0 aliphatic rings. The second-order valence-corrected chi connectivity index (χ2v) is 4.58. The first-order chi connectivity index (χ1) is 6.11. The van der Waals surface area contributed by atoms with E-state index in [0.717, 1.165) is 11.7 Å². The molecule has 0 aromatic heterocycles. The van der Waals surface area contributed by atoms with Crippen LogP contribution in [0, 0.1) is 5.92 Å². The number of rotatable bonds is 7. The van der Waals surface area contributed by atoms with Gasteiger partial charge in [0.15, 0.2) is 0 Å². The van der Waals surface area contributed by atoms with Crippen molar-refractivity contribution < 1.29 is 0 Å². The Bertz CT molecular complexity index is 115. The Morgan fingerprint density at radius 1 is 1.15 bits per heavy atom. The van der Waals surface area contributed by atoms with Crippen molar-refractivity contribution in [1.29, 1.82) is 0 Å². The van der Waals surface area contributed by atoms with Crippen molar-refractivity contribution in [3.63, 3.8) is 0 Å². The van der Waals surface area contributed by atoms with E-state index in [9.17, 15) is 0 Å². The molecule has 0 bridgehead atoms. The third-order valence-corrected chi connectivity index (χ3v) is 2.93. The Morgan fingerprint density at radius 2 is 1.77 bits per heavy atom. The summed E-state index contributed by atoms with van der Waals surface area (Å²) in [5.74, 6) is 1.85. The second-order valence-electron chi connectivity index (χ2n) is 4.13. The van der Waals surface area contributed by atoms with E-state index in [1.807, 2.05) is 0 Å². The van der Waals surface area contributed by atoms with Crippen LogP contribution < -0.4 is 0 Å². The Balaban J connectivity index is 3.59. The Kier molecular flexibility index (Phi) is 7.87. The molecule has 0 saturated heterocycles. The van der Waals surface area contributed by atoms with Crippen molar-refractivity contribution in [3.05, 3.63) is 0 Å². The normalized spacial score (nSPS) is 14.1. The minimum atomic E-state index is 0.688. The van der Waals surface area contributed by atoms with Gasteiger partial charge in [-0.05, 0) is 51.4 Å². The molecule has 80 valence electrons. The Hall–Kier alpha value is 0.310. The number of hydrogen-bond donors (Lipinski definition) is 1. The molecule has 0 N–H and O–H groups in total. The highest BCUT2D eigenvalue weighted by atomic mass is 32.1. The van der Waals surface area contributed by atoms with Crippen molar-refractivity contribution in [3.8, 4) is 0 Å². The summed E-state index contributed by atoms with van der Waals surface area (Å²) in [6.07, 6.45) is 2.56. The quantitative estimate of drug-likeness (QED) is 0.622. The molecular weight excluding hydrogens is 178 g/mol. The van der Waals surface area contributed by atoms with Crippen LogP contribution in [0.4, 0.5) is 0 Å². The molecule has 0 radical (unpaired) electrons. The van der Waals surface area contributed by atoms with Gasteiger partial charge in [0.25, 0.3) is 0 Å². The van der Waals surface area contributed by atoms with Crippen molar-refractivity contribution >= 4 is 12.6 Å². The molecule has 0 rings (SSSR count). The van der Waals surface area contributed by atoms with E-state index >= 15 is 0 Å². The minimum absolute atomic E-state index is 0.688. The molecule has 2 heteroatoms. The van der Waals surface area contributed by atoms with Gasteiger partial charge in [-0.3, -0.25) is 0 Å². The van der Waals surface area contributed by atoms with Gasteiger partial charge in [-0.2, -0.15) is 12.6 Å². The highest BCUT2D eigenvalue weighted by Gasteiger charge is 2.08. The summed E-state index contributed by atoms with van der Waals surface area (Å²) in [5, 5.41) is 0. The van der Waals surface area contributed by atoms with E-state index in [1.165, 1.54) is 25.9 Å². The van der Waals surface area contributed by atoms with E-state index in [2.05, 4.69) is 45.2 Å². The average Bonchev–Trinajstić information content (AvgIpc) is 2.05. The zero-order chi connectivity index (χ0) is 10.3. The van der Waals surface area contributed by atoms with Crippen LogP contribution >= 0.6 is 12.6 Å². The minimum Gasteiger partial charge on any atom is -0.301 e. The summed E-state index contributed by atoms with van der Waals surface area (Å²) in [6, 6.07) is 0.688. The van der Waals surface area contributed by atoms with Crippen LogP contribution in [0.25, 0.3) is 0 Å². The van der Waals surface area contributed by atoms with E-state index in [1.54, 1.807) is 0 Å². The van der Waals surface area contributed by atoms with Gasteiger partial charge in [-0.1, -0.05) is 13.8 Å². The maximum Gasteiger partial charge on any atom is 0.00384 e. The third kappa shape index (κ3) is 6.39. The van der Waals surface area contributed by atoms with Gasteiger partial charge in [0, 0.05) is 6.04 Å². The lowest BCUT2D eigenvalue weighted by Crippen LogP contribution is -2.32. The number of thiol groups is 1. The van der Waals surface area contributed by atoms with Gasteiger partial charge in [-0.25, -0.2) is 0 Å². The topological polar surface area (TPSA) is 3.24 Å². The highest BCUT2D eigenvalue weighted by Crippen LogP contribution is 2.10. The molecule has 0 aromatic carbocycles. The molecule has 0 aromatic rings. The summed E-state index contributed by atoms with van der Waals surface area (Å²) < 4.78 is 0. The molecule has 1 atom stereocenters. The largest absolute Gasteiger partial charge is 0.301 e. The zero-order valence-corrected chi connectivity index (χ0v) is 10.5. The summed E-state index contributed by atoms with van der Waals surface area (Å²) in [6.45, 7) is 11.5. The fourth-order valence-corrected chi connectivity index (χ4v) is 1.97. The molecule has 0 spiro atoms. The smallest absolute Gasteiger partial charge is 0.00384 e. The standard InChI is InChI=1S/C11H25NS/c1-5-12(10(2)3)8-6-11(4)7-9-13/h10-11,13H,5-9H2,1-4H3. The monoisotopic (exact) mass is 203 g/mol. The van der Waals surface area contributed by atoms with Crippen LogP contribution in [0.2, 0.25) is 0 Å². The van der Waals surface area contributed by atoms with Crippen molar-refractivity contribution in [2.45, 2.75) is 46.6 Å². The lowest BCUT2D eigenvalue weighted by molar-refractivity contribution is 0.217. The molecule has 0 amide bonds. The first kappa shape index (κ1) is 13.3. The van der Waals surface area contributed by atoms with Crippen LogP contribution in [0.5, 0.6) is 0 Å². The summed E-state index contributed by atoms with van der Waals surface area (Å²) in [7, 11) is 0. The zero-order valence-electron chi connectivity index (χ0n) is 9.58. The lowest BCUT2D eigenvalue weighted by Gasteiger charge is -2.26. The predicted octanol–water partition coefficient (Wildman–Crippen LogP) is 3.06. The van der Waals surface area contributed by atoms with Crippen molar-refractivity contribution in [2.75, 3.05) is 18.8 Å². The number of nitrogens with zero attached hydrogens (tertiary/aromatic N) is 1. The van der Waals surface area contributed by atoms with E-state index in [4.69, 9.17) is 0 Å². The van der Waals surface area contributed by atoms with Crippen LogP contribution in [-0.4, -0.2) is 29.8 Å². The molecule has 0 aliphatic carbocycles. The molecular formula is C11H25NS. The maximum absolute atomic E-state index is 4.25. The van der Waals surface area contributed by atoms with Crippen LogP contribution in [0.15, 0.2) is 0 Å². The van der Waals surface area contributed by atoms with Crippen molar-refractivity contribution in [1.82, 2.24) is 4.90 Å². The highest BCUT2D eigenvalue weighted by molar-refractivity contribution is 7.80. The van der Waals surface area contributed by atoms with E-state index in [0.29, 0.717) is 6.04 Å². The maximum atomic E-state index is 4.25. The summed E-state index contributed by atoms with van der Waals surface area (Å²) >= 11 is 4.25. The van der Waals surface area contributed by atoms with Gasteiger partial charge in [0.2, 0.25) is 0 Å². The summed E-state index contributed by atoms with van der Waals surface area (Å²) in [5.41, 5.74) is 0. The van der Waals surface area contributed by atoms with Crippen LogP contribution in [0.1, 0.15) is 40.5 Å². The fraction of sp³-hybridized carbons (Fsp3) is 1.00. The lowest BCUT2D eigenvalue weighted by atomic mass is 10.0. The Labute approximate surface area is 89.3 Å². The average molecular weight is 203 g/mol. The molecule has 0 fully saturated rings. The molecule has 0 saturated carbocycles. The molecule has 1 unspecified atom stereocenters. The van der Waals surface area contributed by atoms with Crippen LogP contribution in [-0.2, 0) is 0 Å². The molecule has 0 aliphatic heterocycles. The first-order valence-corrected chi connectivity index (χ1v) is 6.09. The van der Waals surface area contributed by atoms with Gasteiger partial charge < -0.3 is 4.90 Å². The van der Waals surface area contributed by atoms with E-state index < -0.39 is 0 Å². The van der Waals surface area contributed by atoms with Gasteiger partial charge in [-0.15, -0.1) is 0 Å². The van der Waals surface area contributed by atoms with Gasteiger partial charge in [0.1, 0.15) is 0 Å². The Morgan fingerprint density at radius 3 is 2.15 bits per heavy atom. The predicted molar refractivity (Wildman–Crippen MR) is 64.6 cm³/mol. The van der Waals surface area contributed by atoms with E-state index in [-0.39, 0.29) is 0 Å². The summed E-state index contributed by atoms with van der Waals surface area (Å²) in [4.78, 5) is 2.52. The van der Waals surface area contributed by atoms with Crippen LogP contribution in [0.3, 0.4) is 0 Å². The third-order valence-electron chi connectivity index (χ3n) is 2.67. The molecule has 13 heavy (non-hydrogen) atoms. The number of hydrogen-bond acceptors (Lipinski definition) is 2. The van der Waals surface area contributed by atoms with Gasteiger partial charge in [0.05, 0.1) is 0 Å². The SMILES string of the molecule is CCN(CCC(C)CCS)C(C)C. The van der Waals surface area contributed by atoms with Gasteiger partial charge >= 0.3 is 0 Å².